The van der Waals surface area contributed by atoms with Gasteiger partial charge in [-0.25, -0.2) is 0 Å². The van der Waals surface area contributed by atoms with Gasteiger partial charge < -0.3 is 0 Å². The molecule has 0 unspecified atom stereocenters. The topological polar surface area (TPSA) is 0 Å². The molecule has 0 heterocycles. The Bertz CT molecular complexity index is 2510. The Labute approximate surface area is 288 Å². The van der Waals surface area contributed by atoms with E-state index in [1.165, 1.54) is 113 Å². The van der Waals surface area contributed by atoms with E-state index in [0.717, 1.165) is 12.8 Å². The molecule has 10 rings (SSSR count). The molecule has 0 spiro atoms. The third kappa shape index (κ3) is 4.51. The Balaban J connectivity index is 1.25. The van der Waals surface area contributed by atoms with Gasteiger partial charge in [-0.3, -0.25) is 0 Å². The second-order valence-corrected chi connectivity index (χ2v) is 13.8. The second-order valence-electron chi connectivity index (χ2n) is 13.8. The van der Waals surface area contributed by atoms with Gasteiger partial charge in [0.1, 0.15) is 0 Å². The van der Waals surface area contributed by atoms with Crippen molar-refractivity contribution in [3.05, 3.63) is 180 Å². The van der Waals surface area contributed by atoms with Crippen LogP contribution in [0.1, 0.15) is 35.1 Å². The van der Waals surface area contributed by atoms with Crippen LogP contribution in [0.3, 0.4) is 0 Å². The number of benzene rings is 8. The monoisotopic (exact) mass is 624 g/mol. The van der Waals surface area contributed by atoms with E-state index >= 15 is 0 Å². The van der Waals surface area contributed by atoms with Crippen molar-refractivity contribution in [3.8, 4) is 55.6 Å². The summed E-state index contributed by atoms with van der Waals surface area (Å²) in [6, 6.07) is 59.1. The van der Waals surface area contributed by atoms with Crippen LogP contribution in [0.4, 0.5) is 0 Å². The van der Waals surface area contributed by atoms with Crippen LogP contribution in [-0.2, 0) is 19.3 Å². The van der Waals surface area contributed by atoms with E-state index in [9.17, 15) is 0 Å². The van der Waals surface area contributed by atoms with E-state index in [1.807, 2.05) is 0 Å². The summed E-state index contributed by atoms with van der Waals surface area (Å²) < 4.78 is 0. The average molecular weight is 625 g/mol. The summed E-state index contributed by atoms with van der Waals surface area (Å²) in [5.41, 5.74) is 19.3. The lowest BCUT2D eigenvalue weighted by molar-refractivity contribution is 0.687. The van der Waals surface area contributed by atoms with Crippen LogP contribution in [0.25, 0.3) is 77.2 Å². The first-order valence-electron chi connectivity index (χ1n) is 17.8. The maximum absolute atomic E-state index is 2.46. The first kappa shape index (κ1) is 28.3. The molecular weight excluding hydrogens is 589 g/mol. The molecule has 232 valence electrons. The highest BCUT2D eigenvalue weighted by Crippen LogP contribution is 2.50. The van der Waals surface area contributed by atoms with Crippen molar-refractivity contribution in [1.82, 2.24) is 0 Å². The van der Waals surface area contributed by atoms with Gasteiger partial charge in [-0.05, 0) is 138 Å². The van der Waals surface area contributed by atoms with Crippen molar-refractivity contribution in [1.29, 1.82) is 0 Å². The van der Waals surface area contributed by atoms with Crippen LogP contribution in [0.5, 0.6) is 0 Å². The summed E-state index contributed by atoms with van der Waals surface area (Å²) in [4.78, 5) is 0. The predicted octanol–water partition coefficient (Wildman–Crippen LogP) is 13.1. The molecule has 2 aliphatic rings. The van der Waals surface area contributed by atoms with Crippen molar-refractivity contribution in [2.75, 3.05) is 0 Å². The Morgan fingerprint density at radius 1 is 0.306 bits per heavy atom. The number of hydrogen-bond donors (Lipinski definition) is 0. The van der Waals surface area contributed by atoms with Gasteiger partial charge in [0.25, 0.3) is 0 Å². The molecule has 0 aromatic heterocycles. The van der Waals surface area contributed by atoms with Crippen molar-refractivity contribution in [2.45, 2.75) is 32.1 Å². The molecule has 0 bridgehead atoms. The molecule has 0 saturated heterocycles. The summed E-state index contributed by atoms with van der Waals surface area (Å²) in [5.74, 6) is 0. The predicted molar refractivity (Wildman–Crippen MR) is 208 cm³/mol. The van der Waals surface area contributed by atoms with Gasteiger partial charge in [0.2, 0.25) is 0 Å². The fourth-order valence-corrected chi connectivity index (χ4v) is 8.96. The number of fused-ring (bicyclic) bond motifs is 6. The first-order chi connectivity index (χ1) is 24.3. The highest BCUT2D eigenvalue weighted by atomic mass is 14.3. The fraction of sp³-hybridized carbons (Fsp3) is 0.102. The number of hydrogen-bond acceptors (Lipinski definition) is 0. The Morgan fingerprint density at radius 2 is 0.878 bits per heavy atom. The van der Waals surface area contributed by atoms with Gasteiger partial charge >= 0.3 is 0 Å². The van der Waals surface area contributed by atoms with E-state index in [0.29, 0.717) is 0 Å². The maximum atomic E-state index is 2.46. The minimum atomic E-state index is 1.000. The molecular formula is C49H36. The van der Waals surface area contributed by atoms with Crippen LogP contribution >= 0.6 is 0 Å². The quantitative estimate of drug-likeness (QED) is 0.171. The average Bonchev–Trinajstić information content (AvgIpc) is 3.55. The van der Waals surface area contributed by atoms with Gasteiger partial charge in [-0.2, -0.15) is 0 Å². The van der Waals surface area contributed by atoms with Crippen molar-refractivity contribution >= 4 is 21.5 Å². The van der Waals surface area contributed by atoms with Crippen molar-refractivity contribution < 1.29 is 0 Å². The van der Waals surface area contributed by atoms with Gasteiger partial charge in [0, 0.05) is 0 Å². The van der Waals surface area contributed by atoms with Gasteiger partial charge in [0.05, 0.1) is 0 Å². The van der Waals surface area contributed by atoms with Crippen LogP contribution in [-0.4, -0.2) is 0 Å². The highest BCUT2D eigenvalue weighted by molar-refractivity contribution is 6.21. The molecule has 8 aromatic rings. The lowest BCUT2D eigenvalue weighted by atomic mass is 9.80. The molecule has 0 fully saturated rings. The zero-order valence-electron chi connectivity index (χ0n) is 27.5. The molecule has 8 aromatic carbocycles. The SMILES string of the molecule is c1ccc(-c2c3ccccc3c(-c3cccc(-c4ccc5c(c4-c4cccc6c4CCCC6)-c4ccccc4C5)c3)c3ccccc23)cc1. The van der Waals surface area contributed by atoms with Crippen LogP contribution in [0.15, 0.2) is 158 Å². The van der Waals surface area contributed by atoms with Gasteiger partial charge in [-0.15, -0.1) is 0 Å². The largest absolute Gasteiger partial charge is 0.0622 e. The smallest absolute Gasteiger partial charge is 0.00132 e. The summed E-state index contributed by atoms with van der Waals surface area (Å²) in [6.07, 6.45) is 5.88. The fourth-order valence-electron chi connectivity index (χ4n) is 8.96. The minimum absolute atomic E-state index is 1.000. The van der Waals surface area contributed by atoms with E-state index in [2.05, 4.69) is 158 Å². The van der Waals surface area contributed by atoms with E-state index < -0.39 is 0 Å². The lowest BCUT2D eigenvalue weighted by Crippen LogP contribution is -2.05. The molecule has 0 saturated carbocycles. The minimum Gasteiger partial charge on any atom is -0.0622 e. The maximum Gasteiger partial charge on any atom is -0.00132 e. The molecule has 0 heteroatoms. The normalized spacial score (nSPS) is 13.3. The summed E-state index contributed by atoms with van der Waals surface area (Å²) in [6.45, 7) is 0. The standard InChI is InChI=1S/C49H36/c1-2-15-33(16-3-1)46-42-23-8-10-25-44(42)47(45-26-11-9-24-43(45)46)36-20-12-19-35(30-36)40-29-28-37-31-34-17-5-7-22-39(34)48(37)49(40)41-27-13-18-32-14-4-6-21-38(32)41/h1-3,5,7-13,15-20,22-30H,4,6,14,21,31H2. The molecule has 0 N–H and O–H groups in total. The van der Waals surface area contributed by atoms with E-state index in [1.54, 1.807) is 5.56 Å². The molecule has 0 radical (unpaired) electrons. The molecule has 0 aliphatic heterocycles. The molecule has 0 atom stereocenters. The summed E-state index contributed by atoms with van der Waals surface area (Å²) in [5, 5.41) is 5.16. The molecule has 49 heavy (non-hydrogen) atoms. The Morgan fingerprint density at radius 3 is 1.65 bits per heavy atom. The van der Waals surface area contributed by atoms with E-state index in [4.69, 9.17) is 0 Å². The second kappa shape index (κ2) is 11.5. The number of aryl methyl sites for hydroxylation is 1. The lowest BCUT2D eigenvalue weighted by Gasteiger charge is -2.24. The van der Waals surface area contributed by atoms with E-state index in [-0.39, 0.29) is 0 Å². The highest BCUT2D eigenvalue weighted by Gasteiger charge is 2.27. The molecule has 0 nitrogen and oxygen atoms in total. The van der Waals surface area contributed by atoms with Gasteiger partial charge in [-0.1, -0.05) is 152 Å². The van der Waals surface area contributed by atoms with Crippen molar-refractivity contribution in [2.24, 2.45) is 0 Å². The molecule has 2 aliphatic carbocycles. The third-order valence-corrected chi connectivity index (χ3v) is 11.1. The zero-order chi connectivity index (χ0) is 32.3. The third-order valence-electron chi connectivity index (χ3n) is 11.1. The van der Waals surface area contributed by atoms with Gasteiger partial charge in [0.15, 0.2) is 0 Å². The summed E-state index contributed by atoms with van der Waals surface area (Å²) >= 11 is 0. The van der Waals surface area contributed by atoms with Crippen LogP contribution in [0, 0.1) is 0 Å². The van der Waals surface area contributed by atoms with Crippen molar-refractivity contribution in [3.63, 3.8) is 0 Å². The first-order valence-corrected chi connectivity index (χ1v) is 17.8. The number of rotatable bonds is 4. The Hall–Kier alpha value is -5.72. The molecule has 0 amide bonds. The van der Waals surface area contributed by atoms with Crippen LogP contribution in [0.2, 0.25) is 0 Å². The Kier molecular flexibility index (Phi) is 6.62. The summed E-state index contributed by atoms with van der Waals surface area (Å²) in [7, 11) is 0. The zero-order valence-corrected chi connectivity index (χ0v) is 27.5. The van der Waals surface area contributed by atoms with Crippen LogP contribution < -0.4 is 0 Å².